The van der Waals surface area contributed by atoms with Gasteiger partial charge in [-0.2, -0.15) is 0 Å². The molecule has 0 heterocycles. The van der Waals surface area contributed by atoms with E-state index >= 15 is 0 Å². The Bertz CT molecular complexity index is 1070. The number of hydrogen-bond donors (Lipinski definition) is 1. The van der Waals surface area contributed by atoms with Crippen molar-refractivity contribution < 1.29 is 26.7 Å². The number of anilines is 1. The van der Waals surface area contributed by atoms with E-state index < -0.39 is 28.7 Å². The van der Waals surface area contributed by atoms with Gasteiger partial charge >= 0.3 is 0 Å². The van der Waals surface area contributed by atoms with E-state index in [2.05, 4.69) is 10.7 Å². The molecule has 188 valence electrons. The Hall–Kier alpha value is -2.77. The van der Waals surface area contributed by atoms with Crippen molar-refractivity contribution in [2.75, 3.05) is 18.2 Å². The number of rotatable bonds is 4. The molecule has 2 aromatic carbocycles. The number of nitro groups is 2. The molecule has 0 saturated carbocycles. The molecule has 0 aliphatic heterocycles. The first-order valence-corrected chi connectivity index (χ1v) is 14.2. The van der Waals surface area contributed by atoms with Crippen LogP contribution in [-0.4, -0.2) is 39.2 Å². The van der Waals surface area contributed by atoms with Crippen LogP contribution in [0.1, 0.15) is 33.3 Å². The Kier molecular flexibility index (Phi) is 18.7. The molecule has 0 fully saturated rings. The van der Waals surface area contributed by atoms with Crippen molar-refractivity contribution in [3.8, 4) is 0 Å². The molecular weight excluding hydrogens is 498 g/mol. The van der Waals surface area contributed by atoms with Crippen molar-refractivity contribution in [1.29, 1.82) is 0 Å². The highest BCUT2D eigenvalue weighted by Crippen LogP contribution is 2.19. The van der Waals surface area contributed by atoms with Gasteiger partial charge in [-0.05, 0) is 6.07 Å². The highest BCUT2D eigenvalue weighted by molar-refractivity contribution is 8.13. The second kappa shape index (κ2) is 17.7. The molecule has 0 amide bonds. The molecule has 0 aromatic heterocycles. The minimum Gasteiger partial charge on any atom is -0.393 e. The van der Waals surface area contributed by atoms with Crippen LogP contribution in [0.4, 0.5) is 17.1 Å². The number of para-hydroxylation sites is 3. The number of hydrogen-bond acceptors (Lipinski definition) is 9. The lowest BCUT2D eigenvalue weighted by molar-refractivity contribution is -0.385. The Morgan fingerprint density at radius 3 is 1.42 bits per heavy atom. The zero-order valence-electron chi connectivity index (χ0n) is 19.3. The summed E-state index contributed by atoms with van der Waals surface area (Å²) in [4.78, 5) is 19.6. The zero-order chi connectivity index (χ0) is 26.8. The van der Waals surface area contributed by atoms with Crippen molar-refractivity contribution in [3.63, 3.8) is 0 Å². The molecule has 0 aliphatic carbocycles. The minimum atomic E-state index is -3.24. The van der Waals surface area contributed by atoms with Gasteiger partial charge in [-0.15, -0.1) is 0 Å². The maximum absolute atomic E-state index is 11.0. The Balaban J connectivity index is -0.000000414. The fraction of sp³-hybridized carbons (Fsp3) is 0.368. The van der Waals surface area contributed by atoms with Crippen molar-refractivity contribution in [3.05, 3.63) is 74.3 Å². The van der Waals surface area contributed by atoms with E-state index in [-0.39, 0.29) is 28.4 Å². The predicted octanol–water partition coefficient (Wildman–Crippen LogP) is 4.55. The summed E-state index contributed by atoms with van der Waals surface area (Å²) in [5.74, 6) is -0.301. The first-order valence-electron chi connectivity index (χ1n) is 9.40. The summed E-state index contributed by atoms with van der Waals surface area (Å²) in [7, 11) is -1.93. The third kappa shape index (κ3) is 20.9. The molecule has 33 heavy (non-hydrogen) atoms. The fourth-order valence-electron chi connectivity index (χ4n) is 1.75. The van der Waals surface area contributed by atoms with Crippen LogP contribution in [0.15, 0.2) is 48.5 Å². The molecule has 0 aliphatic rings. The van der Waals surface area contributed by atoms with E-state index in [1.807, 2.05) is 27.7 Å². The van der Waals surface area contributed by atoms with Crippen LogP contribution in [-0.2, 0) is 24.6 Å². The number of nitrogen functional groups attached to an aromatic ring is 1. The molecule has 0 radical (unpaired) electrons. The number of halogens is 1. The summed E-state index contributed by atoms with van der Waals surface area (Å²) >= 11 is 0. The summed E-state index contributed by atoms with van der Waals surface area (Å²) in [6, 6.07) is 11.9. The van der Waals surface area contributed by atoms with E-state index in [0.29, 0.717) is 0 Å². The highest BCUT2D eigenvalue weighted by atomic mass is 35.7. The number of nitro benzene ring substituents is 2. The maximum atomic E-state index is 11.0. The van der Waals surface area contributed by atoms with Crippen molar-refractivity contribution >= 4 is 46.6 Å². The molecule has 0 atom stereocenters. The second-order valence-electron chi connectivity index (χ2n) is 5.45. The molecule has 0 saturated heterocycles. The van der Waals surface area contributed by atoms with Crippen LogP contribution in [0.2, 0.25) is 0 Å². The van der Waals surface area contributed by atoms with Gasteiger partial charge in [-0.25, -0.2) is 16.8 Å². The van der Waals surface area contributed by atoms with Crippen LogP contribution in [0, 0.1) is 20.2 Å². The molecule has 2 aromatic rings. The zero-order valence-corrected chi connectivity index (χ0v) is 21.6. The third-order valence-electron chi connectivity index (χ3n) is 2.74. The molecular formula is C19H30ClN3O8S2. The smallest absolute Gasteiger partial charge is 0.292 e. The molecule has 2 rings (SSSR count). The lowest BCUT2D eigenvalue weighted by Crippen LogP contribution is -2.03. The SMILES string of the molecule is CC.CC.CS(=O)(=O)Cc1ccccc1[N+](=O)[O-].CS(=O)(=O)Cl.Nc1ccccc1[N+](=O)[O-]. The van der Waals surface area contributed by atoms with Crippen molar-refractivity contribution in [1.82, 2.24) is 0 Å². The Morgan fingerprint density at radius 1 is 0.788 bits per heavy atom. The summed E-state index contributed by atoms with van der Waals surface area (Å²) in [5.41, 5.74) is 5.51. The van der Waals surface area contributed by atoms with Crippen LogP contribution in [0.3, 0.4) is 0 Å². The lowest BCUT2D eigenvalue weighted by Gasteiger charge is -2.00. The summed E-state index contributed by atoms with van der Waals surface area (Å²) < 4.78 is 40.7. The standard InChI is InChI=1S/C8H9NO4S.C6H6N2O2.2C2H6.CH3ClO2S/c1-14(12,13)6-7-4-2-3-5-8(7)9(10)11;7-5-3-1-2-4-6(5)8(9)10;2*1-2;1-5(2,3)4/h2-5H,6H2,1H3;1-4H,7H2;2*1-2H3;1H3. The van der Waals surface area contributed by atoms with Crippen LogP contribution in [0.25, 0.3) is 0 Å². The largest absolute Gasteiger partial charge is 0.393 e. The first kappa shape index (κ1) is 34.8. The van der Waals surface area contributed by atoms with Crippen LogP contribution >= 0.6 is 10.7 Å². The summed E-state index contributed by atoms with van der Waals surface area (Å²) in [5, 5.41) is 20.7. The topological polar surface area (TPSA) is 181 Å². The predicted molar refractivity (Wildman–Crippen MR) is 133 cm³/mol. The average Bonchev–Trinajstić information content (AvgIpc) is 2.69. The number of nitrogens with two attached hydrogens (primary N) is 1. The Labute approximate surface area is 199 Å². The van der Waals surface area contributed by atoms with Gasteiger partial charge in [0.05, 0.1) is 21.9 Å². The first-order chi connectivity index (χ1) is 15.1. The Morgan fingerprint density at radius 2 is 1.12 bits per heavy atom. The highest BCUT2D eigenvalue weighted by Gasteiger charge is 2.16. The lowest BCUT2D eigenvalue weighted by atomic mass is 10.2. The van der Waals surface area contributed by atoms with Crippen molar-refractivity contribution in [2.24, 2.45) is 0 Å². The number of benzene rings is 2. The average molecular weight is 528 g/mol. The number of sulfone groups is 1. The van der Waals surface area contributed by atoms with Gasteiger partial charge in [0.15, 0.2) is 9.84 Å². The van der Waals surface area contributed by atoms with Crippen LogP contribution < -0.4 is 5.73 Å². The monoisotopic (exact) mass is 527 g/mol. The normalized spacial score (nSPS) is 9.67. The fourth-order valence-corrected chi connectivity index (χ4v) is 2.56. The molecule has 11 nitrogen and oxygen atoms in total. The van der Waals surface area contributed by atoms with Gasteiger partial charge in [-0.3, -0.25) is 20.2 Å². The summed E-state index contributed by atoms with van der Waals surface area (Å²) in [6.07, 6.45) is 1.97. The maximum Gasteiger partial charge on any atom is 0.292 e. The van der Waals surface area contributed by atoms with Gasteiger partial charge in [0.2, 0.25) is 9.05 Å². The molecule has 0 bridgehead atoms. The van der Waals surface area contributed by atoms with Gasteiger partial charge in [-0.1, -0.05) is 58.0 Å². The third-order valence-corrected chi connectivity index (χ3v) is 3.57. The van der Waals surface area contributed by atoms with Crippen molar-refractivity contribution in [2.45, 2.75) is 33.4 Å². The number of nitrogens with zero attached hydrogens (tertiary/aromatic N) is 2. The van der Waals surface area contributed by atoms with Gasteiger partial charge in [0, 0.05) is 34.6 Å². The molecule has 2 N–H and O–H groups in total. The van der Waals surface area contributed by atoms with E-state index in [1.165, 1.54) is 30.3 Å². The molecule has 14 heteroatoms. The minimum absolute atomic E-state index is 0.0394. The van der Waals surface area contributed by atoms with Gasteiger partial charge in [0.1, 0.15) is 5.69 Å². The van der Waals surface area contributed by atoms with E-state index in [0.717, 1.165) is 12.5 Å². The van der Waals surface area contributed by atoms with E-state index in [4.69, 9.17) is 5.73 Å². The van der Waals surface area contributed by atoms with Gasteiger partial charge < -0.3 is 5.73 Å². The van der Waals surface area contributed by atoms with E-state index in [9.17, 15) is 37.1 Å². The van der Waals surface area contributed by atoms with E-state index in [1.54, 1.807) is 18.2 Å². The van der Waals surface area contributed by atoms with Gasteiger partial charge in [0.25, 0.3) is 11.4 Å². The summed E-state index contributed by atoms with van der Waals surface area (Å²) in [6.45, 7) is 8.00. The quantitative estimate of drug-likeness (QED) is 0.258. The van der Waals surface area contributed by atoms with Crippen LogP contribution in [0.5, 0.6) is 0 Å². The second-order valence-corrected chi connectivity index (χ2v) is 10.6. The molecule has 0 spiro atoms. The molecule has 0 unspecified atom stereocenters.